The van der Waals surface area contributed by atoms with Crippen LogP contribution in [0, 0.1) is 19.3 Å². The summed E-state index contributed by atoms with van der Waals surface area (Å²) in [5.41, 5.74) is 2.56. The minimum absolute atomic E-state index is 0.0769. The Balaban J connectivity index is 1.92. The summed E-state index contributed by atoms with van der Waals surface area (Å²) in [5, 5.41) is 5.25. The summed E-state index contributed by atoms with van der Waals surface area (Å²) in [6.07, 6.45) is 0. The lowest BCUT2D eigenvalue weighted by atomic mass is 9.95. The highest BCUT2D eigenvalue weighted by Gasteiger charge is 2.30. The summed E-state index contributed by atoms with van der Waals surface area (Å²) in [5.74, 6) is 0.0769. The lowest BCUT2D eigenvalue weighted by Gasteiger charge is -2.27. The number of nitrogens with zero attached hydrogens (tertiary/aromatic N) is 4. The molecular weight excluding hydrogens is 332 g/mol. The molecular formula is C19H24N4OS. The average molecular weight is 356 g/mol. The summed E-state index contributed by atoms with van der Waals surface area (Å²) in [6.45, 7) is 11.1. The predicted molar refractivity (Wildman–Crippen MR) is 103 cm³/mol. The lowest BCUT2D eigenvalue weighted by Crippen LogP contribution is -2.41. The summed E-state index contributed by atoms with van der Waals surface area (Å²) in [6, 6.07) is 10.0. The Hall–Kier alpha value is -2.21. The number of carbonyl (C=O) groups is 1. The van der Waals surface area contributed by atoms with Crippen molar-refractivity contribution < 1.29 is 4.79 Å². The maximum atomic E-state index is 13.0. The number of benzene rings is 1. The molecule has 25 heavy (non-hydrogen) atoms. The van der Waals surface area contributed by atoms with Crippen LogP contribution in [0.5, 0.6) is 0 Å². The van der Waals surface area contributed by atoms with Crippen LogP contribution in [0.1, 0.15) is 32.2 Å². The Morgan fingerprint density at radius 3 is 2.56 bits per heavy atom. The van der Waals surface area contributed by atoms with Crippen molar-refractivity contribution in [3.8, 4) is 0 Å². The second kappa shape index (κ2) is 6.59. The molecule has 0 aliphatic carbocycles. The van der Waals surface area contributed by atoms with Crippen LogP contribution in [-0.4, -0.2) is 27.2 Å². The van der Waals surface area contributed by atoms with E-state index in [0.717, 1.165) is 26.7 Å². The van der Waals surface area contributed by atoms with Crippen molar-refractivity contribution in [2.45, 2.75) is 41.2 Å². The molecule has 0 radical (unpaired) electrons. The predicted octanol–water partition coefficient (Wildman–Crippen LogP) is 4.19. The van der Waals surface area contributed by atoms with Gasteiger partial charge in [0.15, 0.2) is 5.13 Å². The van der Waals surface area contributed by atoms with Crippen LogP contribution >= 0.6 is 11.3 Å². The van der Waals surface area contributed by atoms with Gasteiger partial charge in [-0.1, -0.05) is 44.2 Å². The van der Waals surface area contributed by atoms with E-state index in [9.17, 15) is 4.79 Å². The zero-order valence-electron chi connectivity index (χ0n) is 15.4. The molecule has 6 heteroatoms. The largest absolute Gasteiger partial charge is 0.286 e. The van der Waals surface area contributed by atoms with Gasteiger partial charge in [0.25, 0.3) is 0 Å². The van der Waals surface area contributed by atoms with Crippen molar-refractivity contribution in [1.82, 2.24) is 14.8 Å². The Morgan fingerprint density at radius 2 is 1.96 bits per heavy atom. The Bertz CT molecular complexity index is 871. The molecule has 1 aromatic carbocycles. The number of aromatic nitrogens is 3. The van der Waals surface area contributed by atoms with Crippen LogP contribution in [0.25, 0.3) is 10.2 Å². The van der Waals surface area contributed by atoms with E-state index in [1.807, 2.05) is 69.6 Å². The molecule has 0 unspecified atom stereocenters. The number of carbonyl (C=O) groups excluding carboxylic acids is 1. The molecule has 0 atom stereocenters. The molecule has 2 aromatic heterocycles. The molecule has 1 amide bonds. The molecule has 3 aromatic rings. The Morgan fingerprint density at radius 1 is 1.24 bits per heavy atom. The van der Waals surface area contributed by atoms with Gasteiger partial charge in [-0.2, -0.15) is 5.10 Å². The van der Waals surface area contributed by atoms with Crippen LogP contribution in [0.2, 0.25) is 0 Å². The van der Waals surface area contributed by atoms with E-state index in [1.165, 1.54) is 0 Å². The molecule has 0 saturated heterocycles. The van der Waals surface area contributed by atoms with E-state index in [4.69, 9.17) is 0 Å². The van der Waals surface area contributed by atoms with Crippen molar-refractivity contribution in [3.05, 3.63) is 41.7 Å². The number of amides is 1. The third kappa shape index (κ3) is 3.74. The number of hydrogen-bond acceptors (Lipinski definition) is 4. The normalized spacial score (nSPS) is 11.9. The third-order valence-electron chi connectivity index (χ3n) is 4.04. The summed E-state index contributed by atoms with van der Waals surface area (Å²) >= 11 is 1.56. The Kier molecular flexibility index (Phi) is 4.64. The van der Waals surface area contributed by atoms with Crippen LogP contribution in [0.15, 0.2) is 30.3 Å². The number of para-hydroxylation sites is 1. The number of anilines is 1. The third-order valence-corrected chi connectivity index (χ3v) is 5.10. The number of rotatable bonds is 4. The van der Waals surface area contributed by atoms with Gasteiger partial charge in [-0.25, -0.2) is 4.98 Å². The second-order valence-corrected chi connectivity index (χ2v) is 8.33. The van der Waals surface area contributed by atoms with Crippen molar-refractivity contribution in [1.29, 1.82) is 0 Å². The van der Waals surface area contributed by atoms with Crippen molar-refractivity contribution in [2.75, 3.05) is 11.4 Å². The highest BCUT2D eigenvalue weighted by molar-refractivity contribution is 7.22. The lowest BCUT2D eigenvalue weighted by molar-refractivity contribution is -0.125. The standard InChI is InChI=1S/C19H24N4OS/c1-13-12-14(2)23(21-13)11-10-22(17(24)19(3,4)5)18-20-15-8-6-7-9-16(15)25-18/h6-9,12H,10-11H2,1-5H3. The monoisotopic (exact) mass is 356 g/mol. The number of fused-ring (bicyclic) bond motifs is 1. The maximum absolute atomic E-state index is 13.0. The van der Waals surface area contributed by atoms with E-state index >= 15 is 0 Å². The first-order valence-electron chi connectivity index (χ1n) is 8.44. The van der Waals surface area contributed by atoms with E-state index in [0.29, 0.717) is 13.1 Å². The Labute approximate surface area is 152 Å². The van der Waals surface area contributed by atoms with Gasteiger partial charge >= 0.3 is 0 Å². The zero-order valence-corrected chi connectivity index (χ0v) is 16.2. The van der Waals surface area contributed by atoms with E-state index in [-0.39, 0.29) is 5.91 Å². The van der Waals surface area contributed by atoms with Gasteiger partial charge in [-0.15, -0.1) is 0 Å². The van der Waals surface area contributed by atoms with Crippen LogP contribution < -0.4 is 4.90 Å². The van der Waals surface area contributed by atoms with E-state index in [1.54, 1.807) is 16.2 Å². The smallest absolute Gasteiger partial charge is 0.234 e. The minimum Gasteiger partial charge on any atom is -0.286 e. The molecule has 3 rings (SSSR count). The van der Waals surface area contributed by atoms with Gasteiger partial charge in [-0.05, 0) is 32.0 Å². The van der Waals surface area contributed by atoms with Gasteiger partial charge in [0.2, 0.25) is 5.91 Å². The summed E-state index contributed by atoms with van der Waals surface area (Å²) < 4.78 is 3.04. The molecule has 5 nitrogen and oxygen atoms in total. The van der Waals surface area contributed by atoms with Gasteiger partial charge in [-0.3, -0.25) is 14.4 Å². The van der Waals surface area contributed by atoms with Gasteiger partial charge < -0.3 is 0 Å². The number of thiazole rings is 1. The second-order valence-electron chi connectivity index (χ2n) is 7.32. The summed E-state index contributed by atoms with van der Waals surface area (Å²) in [7, 11) is 0. The van der Waals surface area contributed by atoms with Crippen LogP contribution in [-0.2, 0) is 11.3 Å². The van der Waals surface area contributed by atoms with Gasteiger partial charge in [0.05, 0.1) is 22.5 Å². The maximum Gasteiger partial charge on any atom is 0.234 e. The molecule has 0 bridgehead atoms. The summed E-state index contributed by atoms with van der Waals surface area (Å²) in [4.78, 5) is 19.5. The topological polar surface area (TPSA) is 51.0 Å². The first-order valence-corrected chi connectivity index (χ1v) is 9.26. The molecule has 0 aliphatic rings. The highest BCUT2D eigenvalue weighted by Crippen LogP contribution is 2.31. The highest BCUT2D eigenvalue weighted by atomic mass is 32.1. The quantitative estimate of drug-likeness (QED) is 0.704. The number of aryl methyl sites for hydroxylation is 2. The van der Waals surface area contributed by atoms with Crippen molar-refractivity contribution >= 4 is 32.6 Å². The molecule has 0 N–H and O–H groups in total. The first-order chi connectivity index (χ1) is 11.8. The molecule has 2 heterocycles. The fraction of sp³-hybridized carbons (Fsp3) is 0.421. The average Bonchev–Trinajstić information content (AvgIpc) is 3.09. The minimum atomic E-state index is -0.465. The van der Waals surface area contributed by atoms with E-state index < -0.39 is 5.41 Å². The molecule has 0 aliphatic heterocycles. The fourth-order valence-electron chi connectivity index (χ4n) is 2.76. The zero-order chi connectivity index (χ0) is 18.2. The molecule has 0 fully saturated rings. The van der Waals surface area contributed by atoms with Gasteiger partial charge in [0, 0.05) is 17.7 Å². The van der Waals surface area contributed by atoms with Gasteiger partial charge in [0.1, 0.15) is 0 Å². The molecule has 0 spiro atoms. The van der Waals surface area contributed by atoms with Crippen molar-refractivity contribution in [2.24, 2.45) is 5.41 Å². The first kappa shape index (κ1) is 17.6. The number of hydrogen-bond donors (Lipinski definition) is 0. The SMILES string of the molecule is Cc1cc(C)n(CCN(C(=O)C(C)(C)C)c2nc3ccccc3s2)n1. The van der Waals surface area contributed by atoms with Crippen LogP contribution in [0.4, 0.5) is 5.13 Å². The molecule has 132 valence electrons. The fourth-order valence-corrected chi connectivity index (χ4v) is 3.75. The van der Waals surface area contributed by atoms with E-state index in [2.05, 4.69) is 10.1 Å². The van der Waals surface area contributed by atoms with Crippen molar-refractivity contribution in [3.63, 3.8) is 0 Å². The van der Waals surface area contributed by atoms with Crippen LogP contribution in [0.3, 0.4) is 0 Å². The molecule has 0 saturated carbocycles.